The van der Waals surface area contributed by atoms with Crippen molar-refractivity contribution in [3.63, 3.8) is 0 Å². The number of hydrogen-bond donors (Lipinski definition) is 3. The van der Waals surface area contributed by atoms with Crippen molar-refractivity contribution in [3.05, 3.63) is 95.6 Å². The van der Waals surface area contributed by atoms with E-state index in [9.17, 15) is 14.4 Å². The first-order valence-electron chi connectivity index (χ1n) is 10.8. The van der Waals surface area contributed by atoms with Crippen molar-refractivity contribution in [2.24, 2.45) is 5.73 Å². The molecule has 0 spiro atoms. The van der Waals surface area contributed by atoms with Crippen LogP contribution in [0.1, 0.15) is 29.2 Å². The Kier molecular flexibility index (Phi) is 8.62. The monoisotopic (exact) mass is 461 g/mol. The number of urea groups is 1. The van der Waals surface area contributed by atoms with Gasteiger partial charge in [0.2, 0.25) is 0 Å². The molecular weight excluding hydrogens is 434 g/mol. The van der Waals surface area contributed by atoms with E-state index in [1.807, 2.05) is 61.5 Å². The van der Waals surface area contributed by atoms with Crippen LogP contribution in [0.25, 0.3) is 0 Å². The van der Waals surface area contributed by atoms with Crippen molar-refractivity contribution in [3.8, 4) is 11.5 Å². The third-order valence-corrected chi connectivity index (χ3v) is 4.90. The lowest BCUT2D eigenvalue weighted by atomic mass is 10.0. The predicted molar refractivity (Wildman–Crippen MR) is 127 cm³/mol. The van der Waals surface area contributed by atoms with Crippen LogP contribution in [0.5, 0.6) is 11.5 Å². The summed E-state index contributed by atoms with van der Waals surface area (Å²) >= 11 is 0. The van der Waals surface area contributed by atoms with E-state index in [4.69, 9.17) is 15.2 Å². The van der Waals surface area contributed by atoms with Crippen LogP contribution in [0.4, 0.5) is 4.79 Å². The van der Waals surface area contributed by atoms with Crippen molar-refractivity contribution in [1.82, 2.24) is 10.6 Å². The van der Waals surface area contributed by atoms with Crippen molar-refractivity contribution < 1.29 is 23.9 Å². The molecule has 3 amide bonds. The van der Waals surface area contributed by atoms with Gasteiger partial charge in [0.25, 0.3) is 5.91 Å². The summed E-state index contributed by atoms with van der Waals surface area (Å²) in [4.78, 5) is 35.9. The molecule has 0 saturated carbocycles. The van der Waals surface area contributed by atoms with Gasteiger partial charge in [-0.25, -0.2) is 4.79 Å². The highest BCUT2D eigenvalue weighted by molar-refractivity contribution is 5.81. The molecule has 0 aliphatic rings. The van der Waals surface area contributed by atoms with Gasteiger partial charge in [0, 0.05) is 6.54 Å². The maximum Gasteiger partial charge on any atom is 0.312 e. The summed E-state index contributed by atoms with van der Waals surface area (Å²) in [6.07, 6.45) is -0.205. The zero-order valence-electron chi connectivity index (χ0n) is 18.8. The van der Waals surface area contributed by atoms with Crippen LogP contribution >= 0.6 is 0 Å². The van der Waals surface area contributed by atoms with E-state index in [-0.39, 0.29) is 6.42 Å². The Labute approximate surface area is 198 Å². The summed E-state index contributed by atoms with van der Waals surface area (Å²) in [5.74, 6) is 0.101. The zero-order valence-corrected chi connectivity index (χ0v) is 18.8. The van der Waals surface area contributed by atoms with Crippen LogP contribution in [0.15, 0.2) is 78.9 Å². The van der Waals surface area contributed by atoms with Gasteiger partial charge in [-0.2, -0.15) is 0 Å². The van der Waals surface area contributed by atoms with Crippen LogP contribution in [-0.2, 0) is 20.9 Å². The van der Waals surface area contributed by atoms with E-state index in [1.54, 1.807) is 24.3 Å². The van der Waals surface area contributed by atoms with E-state index >= 15 is 0 Å². The second-order valence-electron chi connectivity index (χ2n) is 7.68. The molecule has 0 saturated heterocycles. The largest absolute Gasteiger partial charge is 0.457 e. The molecule has 3 aromatic carbocycles. The van der Waals surface area contributed by atoms with E-state index in [0.717, 1.165) is 11.1 Å². The summed E-state index contributed by atoms with van der Waals surface area (Å²) in [5, 5.41) is 5.24. The maximum absolute atomic E-state index is 12.4. The van der Waals surface area contributed by atoms with Gasteiger partial charge in [0.15, 0.2) is 6.61 Å². The van der Waals surface area contributed by atoms with Gasteiger partial charge in [-0.3, -0.25) is 9.59 Å². The number of aryl methyl sites for hydroxylation is 1. The number of esters is 1. The summed E-state index contributed by atoms with van der Waals surface area (Å²) < 4.78 is 10.9. The summed E-state index contributed by atoms with van der Waals surface area (Å²) in [6.45, 7) is 1.89. The van der Waals surface area contributed by atoms with Crippen LogP contribution in [0.2, 0.25) is 0 Å². The second-order valence-corrected chi connectivity index (χ2v) is 7.68. The lowest BCUT2D eigenvalue weighted by Gasteiger charge is -2.18. The molecule has 0 fully saturated rings. The van der Waals surface area contributed by atoms with Gasteiger partial charge in [-0.05, 0) is 42.3 Å². The normalized spacial score (nSPS) is 11.2. The smallest absolute Gasteiger partial charge is 0.312 e. The Morgan fingerprint density at radius 2 is 1.62 bits per heavy atom. The van der Waals surface area contributed by atoms with Crippen LogP contribution in [0, 0.1) is 6.92 Å². The standard InChI is InChI=1S/C26H27N3O5/c1-18-10-12-19(13-11-18)16-28-24(30)17-33-25(31)15-23(29-26(27)32)20-6-5-9-22(14-20)34-21-7-3-2-4-8-21/h2-14,23H,15-17H2,1H3,(H,28,30)(H3,27,29,32)/t23-/m0/s1. The SMILES string of the molecule is Cc1ccc(CNC(=O)COC(=O)C[C@H](NC(N)=O)c2cccc(Oc3ccccc3)c2)cc1. The average molecular weight is 462 g/mol. The molecule has 8 heteroatoms. The fraction of sp³-hybridized carbons (Fsp3) is 0.192. The van der Waals surface area contributed by atoms with E-state index in [1.165, 1.54) is 0 Å². The molecule has 0 aromatic heterocycles. The molecule has 3 aromatic rings. The van der Waals surface area contributed by atoms with Crippen molar-refractivity contribution in [1.29, 1.82) is 0 Å². The molecule has 176 valence electrons. The van der Waals surface area contributed by atoms with Gasteiger partial charge in [-0.15, -0.1) is 0 Å². The highest BCUT2D eigenvalue weighted by Gasteiger charge is 2.20. The third-order valence-electron chi connectivity index (χ3n) is 4.90. The molecular formula is C26H27N3O5. The van der Waals surface area contributed by atoms with Crippen LogP contribution < -0.4 is 21.1 Å². The Balaban J connectivity index is 1.55. The first-order chi connectivity index (χ1) is 16.4. The fourth-order valence-electron chi connectivity index (χ4n) is 3.17. The molecule has 4 N–H and O–H groups in total. The Hall–Kier alpha value is -4.33. The number of nitrogens with one attached hydrogen (secondary N) is 2. The molecule has 0 unspecified atom stereocenters. The number of hydrogen-bond acceptors (Lipinski definition) is 5. The molecule has 0 heterocycles. The molecule has 8 nitrogen and oxygen atoms in total. The number of amides is 3. The predicted octanol–water partition coefficient (Wildman–Crippen LogP) is 3.75. The van der Waals surface area contributed by atoms with Gasteiger partial charge in [0.05, 0.1) is 12.5 Å². The number of carbonyl (C=O) groups excluding carboxylic acids is 3. The molecule has 3 rings (SSSR count). The van der Waals surface area contributed by atoms with Gasteiger partial charge < -0.3 is 25.8 Å². The highest BCUT2D eigenvalue weighted by Crippen LogP contribution is 2.26. The van der Waals surface area contributed by atoms with Crippen molar-refractivity contribution in [2.75, 3.05) is 6.61 Å². The molecule has 1 atom stereocenters. The first-order valence-corrected chi connectivity index (χ1v) is 10.8. The lowest BCUT2D eigenvalue weighted by molar-refractivity contribution is -0.149. The number of ether oxygens (including phenoxy) is 2. The summed E-state index contributed by atoms with van der Waals surface area (Å²) in [5.41, 5.74) is 7.97. The molecule has 0 radical (unpaired) electrons. The Morgan fingerprint density at radius 1 is 0.912 bits per heavy atom. The lowest BCUT2D eigenvalue weighted by Crippen LogP contribution is -2.35. The number of rotatable bonds is 10. The topological polar surface area (TPSA) is 120 Å². The summed E-state index contributed by atoms with van der Waals surface area (Å²) in [6, 6.07) is 22.3. The average Bonchev–Trinajstić information content (AvgIpc) is 2.82. The van der Waals surface area contributed by atoms with E-state index in [0.29, 0.717) is 23.6 Å². The van der Waals surface area contributed by atoms with Gasteiger partial charge in [0.1, 0.15) is 11.5 Å². The molecule has 0 aliphatic carbocycles. The highest BCUT2D eigenvalue weighted by atomic mass is 16.5. The zero-order chi connectivity index (χ0) is 24.3. The van der Waals surface area contributed by atoms with Crippen LogP contribution in [0.3, 0.4) is 0 Å². The number of carbonyl (C=O) groups is 3. The van der Waals surface area contributed by atoms with E-state index < -0.39 is 30.6 Å². The van der Waals surface area contributed by atoms with Crippen molar-refractivity contribution in [2.45, 2.75) is 25.9 Å². The minimum Gasteiger partial charge on any atom is -0.457 e. The first kappa shape index (κ1) is 24.3. The Morgan fingerprint density at radius 3 is 2.32 bits per heavy atom. The second kappa shape index (κ2) is 12.1. The minimum atomic E-state index is -0.789. The van der Waals surface area contributed by atoms with Crippen LogP contribution in [-0.4, -0.2) is 24.5 Å². The Bertz CT molecular complexity index is 1120. The quantitative estimate of drug-likeness (QED) is 0.397. The van der Waals surface area contributed by atoms with E-state index in [2.05, 4.69) is 10.6 Å². The number of para-hydroxylation sites is 1. The summed E-state index contributed by atoms with van der Waals surface area (Å²) in [7, 11) is 0. The van der Waals surface area contributed by atoms with Crippen molar-refractivity contribution >= 4 is 17.9 Å². The van der Waals surface area contributed by atoms with Gasteiger partial charge >= 0.3 is 12.0 Å². The molecule has 0 bridgehead atoms. The fourth-order valence-corrected chi connectivity index (χ4v) is 3.17. The maximum atomic E-state index is 12.4. The molecule has 34 heavy (non-hydrogen) atoms. The third kappa shape index (κ3) is 7.98. The van der Waals surface area contributed by atoms with Gasteiger partial charge in [-0.1, -0.05) is 60.2 Å². The number of primary amides is 1. The number of nitrogens with two attached hydrogens (primary N) is 1. The molecule has 0 aliphatic heterocycles. The minimum absolute atomic E-state index is 0.205. The number of benzene rings is 3.